The zero-order valence-corrected chi connectivity index (χ0v) is 14.8. The van der Waals surface area contributed by atoms with Crippen molar-refractivity contribution in [2.75, 3.05) is 0 Å². The average molecular weight is 333 g/mol. The zero-order valence-electron chi connectivity index (χ0n) is 14.0. The summed E-state index contributed by atoms with van der Waals surface area (Å²) in [6.45, 7) is 8.53. The Balaban J connectivity index is 2.00. The highest BCUT2D eigenvalue weighted by atomic mass is 32.1. The lowest BCUT2D eigenvalue weighted by atomic mass is 9.86. The van der Waals surface area contributed by atoms with Crippen molar-refractivity contribution in [2.24, 2.45) is 5.41 Å². The topological polar surface area (TPSA) is 64.0 Å². The van der Waals surface area contributed by atoms with Crippen molar-refractivity contribution in [3.05, 3.63) is 40.6 Å². The Morgan fingerprint density at radius 3 is 2.65 bits per heavy atom. The molecule has 0 bridgehead atoms. The van der Waals surface area contributed by atoms with E-state index in [1.807, 2.05) is 16.1 Å². The Morgan fingerprint density at radius 1 is 1.39 bits per heavy atom. The number of rotatable bonds is 6. The number of amides is 1. The summed E-state index contributed by atoms with van der Waals surface area (Å²) in [6.07, 6.45) is 5.67. The summed E-state index contributed by atoms with van der Waals surface area (Å²) in [4.78, 5) is 28.4. The Bertz CT molecular complexity index is 668. The van der Waals surface area contributed by atoms with Crippen LogP contribution in [0.3, 0.4) is 0 Å². The first-order valence-corrected chi connectivity index (χ1v) is 8.47. The van der Waals surface area contributed by atoms with Gasteiger partial charge in [-0.15, -0.1) is 11.3 Å². The van der Waals surface area contributed by atoms with E-state index < -0.39 is 0 Å². The van der Waals surface area contributed by atoms with Crippen LogP contribution in [-0.4, -0.2) is 27.3 Å². The van der Waals surface area contributed by atoms with E-state index in [0.29, 0.717) is 17.8 Å². The molecule has 2 rings (SSSR count). The molecule has 0 aliphatic heterocycles. The van der Waals surface area contributed by atoms with Crippen LogP contribution >= 0.6 is 11.3 Å². The predicted molar refractivity (Wildman–Crippen MR) is 91.6 cm³/mol. The molecule has 2 heterocycles. The third-order valence-corrected chi connectivity index (χ3v) is 4.78. The number of hydrogen-bond donors (Lipinski definition) is 1. The number of hydrogen-bond acceptors (Lipinski definition) is 4. The van der Waals surface area contributed by atoms with Crippen LogP contribution in [0.15, 0.2) is 30.2 Å². The number of carbonyl (C=O) groups is 2. The molecule has 6 heteroatoms. The maximum absolute atomic E-state index is 12.4. The molecule has 124 valence electrons. The van der Waals surface area contributed by atoms with Crippen LogP contribution in [0.2, 0.25) is 0 Å². The van der Waals surface area contributed by atoms with E-state index in [2.05, 4.69) is 31.1 Å². The molecule has 2 aromatic rings. The maximum Gasteiger partial charge on any atom is 0.224 e. The zero-order chi connectivity index (χ0) is 17.0. The molecule has 0 spiro atoms. The number of imidazole rings is 1. The molecule has 5 nitrogen and oxygen atoms in total. The number of nitrogens with one attached hydrogen (secondary N) is 1. The number of Topliss-reactive ketones (excluding diaryl/α,β-unsaturated/α-hetero) is 1. The van der Waals surface area contributed by atoms with Crippen molar-refractivity contribution < 1.29 is 9.59 Å². The third-order valence-electron chi connectivity index (χ3n) is 3.70. The van der Waals surface area contributed by atoms with Gasteiger partial charge in [-0.25, -0.2) is 4.98 Å². The van der Waals surface area contributed by atoms with Crippen molar-refractivity contribution in [3.63, 3.8) is 0 Å². The van der Waals surface area contributed by atoms with E-state index in [0.717, 1.165) is 5.56 Å². The standard InChI is InChI=1S/C17H23N3O2S/c1-12(21)14-7-13(10-23-14)8-16(22)19-15(17(2,3)4)9-20-6-5-18-11-20/h5-7,10-11,15H,8-9H2,1-4H3,(H,19,22). The van der Waals surface area contributed by atoms with Crippen molar-refractivity contribution in [2.45, 2.75) is 46.7 Å². The van der Waals surface area contributed by atoms with Crippen LogP contribution in [0.1, 0.15) is 42.9 Å². The molecular weight excluding hydrogens is 310 g/mol. The molecule has 0 aromatic carbocycles. The predicted octanol–water partition coefficient (Wildman–Crippen LogP) is 2.92. The fraction of sp³-hybridized carbons (Fsp3) is 0.471. The van der Waals surface area contributed by atoms with E-state index in [-0.39, 0.29) is 23.1 Å². The summed E-state index contributed by atoms with van der Waals surface area (Å²) in [7, 11) is 0. The second-order valence-corrected chi connectivity index (χ2v) is 7.71. The molecule has 0 aliphatic carbocycles. The molecular formula is C17H23N3O2S. The summed E-state index contributed by atoms with van der Waals surface area (Å²) in [5, 5.41) is 4.99. The van der Waals surface area contributed by atoms with Gasteiger partial charge in [-0.3, -0.25) is 9.59 Å². The van der Waals surface area contributed by atoms with E-state index in [1.165, 1.54) is 18.3 Å². The molecule has 2 aromatic heterocycles. The van der Waals surface area contributed by atoms with Crippen molar-refractivity contribution >= 4 is 23.0 Å². The van der Waals surface area contributed by atoms with Gasteiger partial charge in [0.1, 0.15) is 0 Å². The highest BCUT2D eigenvalue weighted by Gasteiger charge is 2.26. The van der Waals surface area contributed by atoms with Gasteiger partial charge in [-0.1, -0.05) is 20.8 Å². The highest BCUT2D eigenvalue weighted by Crippen LogP contribution is 2.21. The van der Waals surface area contributed by atoms with Crippen LogP contribution in [0.5, 0.6) is 0 Å². The Morgan fingerprint density at radius 2 is 2.13 bits per heavy atom. The summed E-state index contributed by atoms with van der Waals surface area (Å²) in [5.41, 5.74) is 0.812. The number of ketones is 1. The Kier molecular flexibility index (Phi) is 5.36. The van der Waals surface area contributed by atoms with Crippen LogP contribution in [0.25, 0.3) is 0 Å². The molecule has 23 heavy (non-hydrogen) atoms. The van der Waals surface area contributed by atoms with Crippen LogP contribution < -0.4 is 5.32 Å². The molecule has 0 aliphatic rings. The average Bonchev–Trinajstić information content (AvgIpc) is 3.08. The van der Waals surface area contributed by atoms with Crippen LogP contribution in [-0.2, 0) is 17.8 Å². The molecule has 1 N–H and O–H groups in total. The van der Waals surface area contributed by atoms with Gasteiger partial charge in [0.25, 0.3) is 0 Å². The third kappa shape index (κ3) is 5.03. The second kappa shape index (κ2) is 7.08. The van der Waals surface area contributed by atoms with E-state index in [9.17, 15) is 9.59 Å². The number of thiophene rings is 1. The number of aromatic nitrogens is 2. The molecule has 1 unspecified atom stereocenters. The van der Waals surface area contributed by atoms with Crippen molar-refractivity contribution in [1.29, 1.82) is 0 Å². The first-order chi connectivity index (χ1) is 10.8. The summed E-state index contributed by atoms with van der Waals surface area (Å²) < 4.78 is 1.97. The summed E-state index contributed by atoms with van der Waals surface area (Å²) in [5.74, 6) is 0.00674. The lowest BCUT2D eigenvalue weighted by Crippen LogP contribution is -2.46. The Hall–Kier alpha value is -1.95. The van der Waals surface area contributed by atoms with Gasteiger partial charge in [0.2, 0.25) is 5.91 Å². The van der Waals surface area contributed by atoms with Gasteiger partial charge in [0, 0.05) is 18.9 Å². The van der Waals surface area contributed by atoms with E-state index >= 15 is 0 Å². The van der Waals surface area contributed by atoms with Gasteiger partial charge < -0.3 is 9.88 Å². The van der Waals surface area contributed by atoms with Gasteiger partial charge in [-0.05, 0) is 29.3 Å². The minimum Gasteiger partial charge on any atom is -0.351 e. The molecule has 1 atom stereocenters. The maximum atomic E-state index is 12.4. The smallest absolute Gasteiger partial charge is 0.224 e. The van der Waals surface area contributed by atoms with Crippen molar-refractivity contribution in [1.82, 2.24) is 14.9 Å². The van der Waals surface area contributed by atoms with E-state index in [4.69, 9.17) is 0 Å². The van der Waals surface area contributed by atoms with Crippen LogP contribution in [0, 0.1) is 5.41 Å². The van der Waals surface area contributed by atoms with Crippen LogP contribution in [0.4, 0.5) is 0 Å². The first kappa shape index (κ1) is 17.4. The quantitative estimate of drug-likeness (QED) is 0.827. The molecule has 0 saturated heterocycles. The molecule has 0 radical (unpaired) electrons. The van der Waals surface area contributed by atoms with E-state index in [1.54, 1.807) is 18.6 Å². The van der Waals surface area contributed by atoms with Gasteiger partial charge >= 0.3 is 0 Å². The first-order valence-electron chi connectivity index (χ1n) is 7.59. The Labute approximate surface area is 140 Å². The lowest BCUT2D eigenvalue weighted by Gasteiger charge is -2.31. The van der Waals surface area contributed by atoms with Gasteiger partial charge in [0.15, 0.2) is 5.78 Å². The second-order valence-electron chi connectivity index (χ2n) is 6.80. The van der Waals surface area contributed by atoms with Gasteiger partial charge in [0.05, 0.1) is 23.7 Å². The summed E-state index contributed by atoms with van der Waals surface area (Å²) >= 11 is 1.39. The minimum atomic E-state index is -0.0703. The molecule has 0 saturated carbocycles. The SMILES string of the molecule is CC(=O)c1cc(CC(=O)NC(Cn2ccnc2)C(C)(C)C)cs1. The fourth-order valence-electron chi connectivity index (χ4n) is 2.23. The lowest BCUT2D eigenvalue weighted by molar-refractivity contribution is -0.122. The largest absolute Gasteiger partial charge is 0.351 e. The molecule has 0 fully saturated rings. The molecule has 1 amide bonds. The minimum absolute atomic E-state index is 0.00452. The number of nitrogens with zero attached hydrogens (tertiary/aromatic N) is 2. The van der Waals surface area contributed by atoms with Gasteiger partial charge in [-0.2, -0.15) is 0 Å². The normalized spacial score (nSPS) is 12.9. The van der Waals surface area contributed by atoms with Crippen molar-refractivity contribution in [3.8, 4) is 0 Å². The number of carbonyl (C=O) groups excluding carboxylic acids is 2. The monoisotopic (exact) mass is 333 g/mol. The summed E-state index contributed by atoms with van der Waals surface area (Å²) in [6, 6.07) is 1.80. The fourth-order valence-corrected chi connectivity index (χ4v) is 3.04. The highest BCUT2D eigenvalue weighted by molar-refractivity contribution is 7.12.